The number of hydrogen-bond donors (Lipinski definition) is 2. The van der Waals surface area contributed by atoms with Gasteiger partial charge in [-0.1, -0.05) is 24.0 Å². The molecule has 0 aliphatic heterocycles. The van der Waals surface area contributed by atoms with Gasteiger partial charge >= 0.3 is 11.9 Å². The van der Waals surface area contributed by atoms with Gasteiger partial charge in [0.15, 0.2) is 23.0 Å². The van der Waals surface area contributed by atoms with Gasteiger partial charge in [0.1, 0.15) is 0 Å². The molecule has 4 aliphatic rings. The molecule has 0 saturated heterocycles. The monoisotopic (exact) mass is 682 g/mol. The quantitative estimate of drug-likeness (QED) is 0.242. The summed E-state index contributed by atoms with van der Waals surface area (Å²) in [5, 5.41) is 19.6. The third kappa shape index (κ3) is 7.86. The van der Waals surface area contributed by atoms with E-state index in [4.69, 9.17) is 18.9 Å². The van der Waals surface area contributed by atoms with Crippen LogP contribution in [0.15, 0.2) is 36.4 Å². The van der Waals surface area contributed by atoms with Gasteiger partial charge in [-0.2, -0.15) is 0 Å². The first-order chi connectivity index (χ1) is 24.2. The fourth-order valence-electron chi connectivity index (χ4n) is 8.49. The van der Waals surface area contributed by atoms with E-state index in [0.717, 1.165) is 62.5 Å². The predicted octanol–water partition coefficient (Wildman–Crippen LogP) is 8.08. The molecule has 0 bridgehead atoms. The highest BCUT2D eigenvalue weighted by Crippen LogP contribution is 2.46. The van der Waals surface area contributed by atoms with Gasteiger partial charge in [0.2, 0.25) is 0 Å². The topological polar surface area (TPSA) is 112 Å². The van der Waals surface area contributed by atoms with Crippen LogP contribution in [0, 0.1) is 35.5 Å². The molecule has 6 rings (SSSR count). The summed E-state index contributed by atoms with van der Waals surface area (Å²) < 4.78 is 24.2. The van der Waals surface area contributed by atoms with Gasteiger partial charge in [0.25, 0.3) is 0 Å². The molecule has 8 nitrogen and oxygen atoms in total. The van der Waals surface area contributed by atoms with Gasteiger partial charge in [-0.15, -0.1) is 0 Å². The van der Waals surface area contributed by atoms with Crippen molar-refractivity contribution in [3.8, 4) is 46.7 Å². The fraction of sp³-hybridized carbons (Fsp3) is 0.571. The third-order valence-corrected chi connectivity index (χ3v) is 11.7. The largest absolute Gasteiger partial charge is 0.493 e. The molecule has 4 fully saturated rings. The third-order valence-electron chi connectivity index (χ3n) is 11.7. The van der Waals surface area contributed by atoms with Crippen molar-refractivity contribution in [3.63, 3.8) is 0 Å². The van der Waals surface area contributed by atoms with Crippen LogP contribution < -0.4 is 18.9 Å². The van der Waals surface area contributed by atoms with Crippen LogP contribution in [0.3, 0.4) is 0 Å². The van der Waals surface area contributed by atoms with Crippen LogP contribution in [0.5, 0.6) is 23.0 Å². The minimum atomic E-state index is -0.763. The molecular weight excluding hydrogens is 632 g/mol. The van der Waals surface area contributed by atoms with Crippen LogP contribution >= 0.6 is 0 Å². The Morgan fingerprint density at radius 3 is 1.26 bits per heavy atom. The Bertz CT molecular complexity index is 1520. The Morgan fingerprint density at radius 2 is 0.940 bits per heavy atom. The van der Waals surface area contributed by atoms with E-state index >= 15 is 0 Å². The Morgan fingerprint density at radius 1 is 0.580 bits per heavy atom. The number of hydrogen-bond acceptors (Lipinski definition) is 6. The van der Waals surface area contributed by atoms with E-state index in [2.05, 4.69) is 23.7 Å². The second-order valence-corrected chi connectivity index (χ2v) is 14.7. The predicted molar refractivity (Wildman–Crippen MR) is 190 cm³/mol. The van der Waals surface area contributed by atoms with Gasteiger partial charge in [-0.05, 0) is 150 Å². The Hall–Kier alpha value is -4.30. The summed E-state index contributed by atoms with van der Waals surface area (Å²) in [6.45, 7) is 0. The lowest BCUT2D eigenvalue weighted by Gasteiger charge is -2.36. The first kappa shape index (κ1) is 35.5. The molecule has 0 radical (unpaired) electrons. The van der Waals surface area contributed by atoms with E-state index in [0.29, 0.717) is 74.4 Å². The summed E-state index contributed by atoms with van der Waals surface area (Å²) in [4.78, 5) is 23.8. The lowest BCUT2D eigenvalue weighted by molar-refractivity contribution is -0.144. The molecule has 0 atom stereocenters. The Kier molecular flexibility index (Phi) is 11.2. The molecule has 0 aromatic heterocycles. The molecular formula is C42H50O8. The number of benzene rings is 2. The van der Waals surface area contributed by atoms with Gasteiger partial charge in [0, 0.05) is 0 Å². The van der Waals surface area contributed by atoms with Crippen LogP contribution in [0.1, 0.15) is 114 Å². The van der Waals surface area contributed by atoms with E-state index in [1.807, 2.05) is 36.4 Å². The van der Waals surface area contributed by atoms with Gasteiger partial charge < -0.3 is 29.2 Å². The van der Waals surface area contributed by atoms with Crippen molar-refractivity contribution in [1.29, 1.82) is 0 Å². The average Bonchev–Trinajstić information content (AvgIpc) is 3.85. The first-order valence-corrected chi connectivity index (χ1v) is 18.4. The second-order valence-electron chi connectivity index (χ2n) is 14.7. The van der Waals surface area contributed by atoms with E-state index in [1.165, 1.54) is 0 Å². The maximum absolute atomic E-state index is 11.9. The van der Waals surface area contributed by atoms with Crippen LogP contribution in [0.4, 0.5) is 0 Å². The van der Waals surface area contributed by atoms with Gasteiger partial charge in [-0.3, -0.25) is 9.59 Å². The molecule has 0 heterocycles. The fourth-order valence-corrected chi connectivity index (χ4v) is 8.49. The molecule has 2 aromatic carbocycles. The normalized spacial score (nSPS) is 26.9. The Labute approximate surface area is 296 Å². The summed E-state index contributed by atoms with van der Waals surface area (Å²) in [5.74, 6) is 14.0. The van der Waals surface area contributed by atoms with Crippen molar-refractivity contribution in [2.75, 3.05) is 14.2 Å². The molecule has 4 saturated carbocycles. The minimum absolute atomic E-state index is 0.157. The van der Waals surface area contributed by atoms with Crippen LogP contribution in [0.25, 0.3) is 0 Å². The average molecular weight is 683 g/mol. The van der Waals surface area contributed by atoms with Crippen molar-refractivity contribution in [1.82, 2.24) is 0 Å². The molecule has 8 heteroatoms. The number of carboxylic acid groups (broad SMARTS) is 2. The maximum Gasteiger partial charge on any atom is 0.306 e. The SMILES string of the molecule is COc1ccc(C2(C#CC#CC3(c4ccc(OC)c(OC5CCCC5)c4)CCC(C(=O)O)CC3)CCC(C(=O)O)CC2)cc1OC1CCCC1. The highest BCUT2D eigenvalue weighted by atomic mass is 16.5. The standard InChI is InChI=1S/C42H50O8/c1-47-35-15-13-31(27-37(35)49-33-9-3-4-10-33)41(23-17-29(18-24-41)39(43)44)21-7-8-22-42(25-19-30(20-26-42)40(45)46)32-14-16-36(48-2)38(28-32)50-34-11-5-6-12-34/h13-16,27-30,33-34H,3-6,9-12,17-20,23-26H2,1-2H3,(H,43,44)(H,45,46). The number of carboxylic acids is 2. The molecule has 2 aromatic rings. The van der Waals surface area contributed by atoms with Crippen molar-refractivity contribution >= 4 is 11.9 Å². The van der Waals surface area contributed by atoms with Gasteiger partial charge in [-0.25, -0.2) is 0 Å². The maximum atomic E-state index is 11.9. The van der Waals surface area contributed by atoms with Crippen molar-refractivity contribution in [2.24, 2.45) is 11.8 Å². The molecule has 0 amide bonds. The number of ether oxygens (including phenoxy) is 4. The summed E-state index contributed by atoms with van der Waals surface area (Å²) in [6, 6.07) is 12.0. The first-order valence-electron chi connectivity index (χ1n) is 18.4. The molecule has 2 N–H and O–H groups in total. The second kappa shape index (κ2) is 15.7. The number of carbonyl (C=O) groups is 2. The van der Waals surface area contributed by atoms with Crippen molar-refractivity contribution in [2.45, 2.75) is 126 Å². The van der Waals surface area contributed by atoms with Crippen molar-refractivity contribution < 1.29 is 38.7 Å². The zero-order valence-corrected chi connectivity index (χ0v) is 29.4. The zero-order chi connectivity index (χ0) is 35.1. The van der Waals surface area contributed by atoms with E-state index in [1.54, 1.807) is 14.2 Å². The zero-order valence-electron chi connectivity index (χ0n) is 29.4. The van der Waals surface area contributed by atoms with Gasteiger partial charge in [0.05, 0.1) is 49.1 Å². The summed E-state index contributed by atoms with van der Waals surface area (Å²) >= 11 is 0. The highest BCUT2D eigenvalue weighted by Gasteiger charge is 2.40. The molecule has 266 valence electrons. The van der Waals surface area contributed by atoms with Crippen molar-refractivity contribution in [3.05, 3.63) is 47.5 Å². The van der Waals surface area contributed by atoms with Crippen LogP contribution in [0.2, 0.25) is 0 Å². The van der Waals surface area contributed by atoms with Crippen LogP contribution in [-0.4, -0.2) is 48.6 Å². The summed E-state index contributed by atoms with van der Waals surface area (Å²) in [6.07, 6.45) is 13.5. The van der Waals surface area contributed by atoms with E-state index in [-0.39, 0.29) is 12.2 Å². The lowest BCUT2D eigenvalue weighted by atomic mass is 9.66. The summed E-state index contributed by atoms with van der Waals surface area (Å²) in [7, 11) is 3.29. The number of aliphatic carboxylic acids is 2. The molecule has 50 heavy (non-hydrogen) atoms. The molecule has 4 aliphatic carbocycles. The minimum Gasteiger partial charge on any atom is -0.493 e. The molecule has 0 unspecified atom stereocenters. The highest BCUT2D eigenvalue weighted by molar-refractivity contribution is 5.71. The lowest BCUT2D eigenvalue weighted by Crippen LogP contribution is -2.33. The number of rotatable bonds is 10. The summed E-state index contributed by atoms with van der Waals surface area (Å²) in [5.41, 5.74) is 0.809. The van der Waals surface area contributed by atoms with E-state index in [9.17, 15) is 19.8 Å². The Balaban J connectivity index is 1.35. The smallest absolute Gasteiger partial charge is 0.306 e. The molecule has 0 spiro atoms. The number of methoxy groups -OCH3 is 2. The van der Waals surface area contributed by atoms with Crippen LogP contribution in [-0.2, 0) is 20.4 Å². The van der Waals surface area contributed by atoms with E-state index < -0.39 is 34.6 Å².